The summed E-state index contributed by atoms with van der Waals surface area (Å²) in [5, 5.41) is 11.4. The highest BCUT2D eigenvalue weighted by atomic mass is 16.5. The molecule has 0 saturated carbocycles. The van der Waals surface area contributed by atoms with E-state index in [1.54, 1.807) is 37.5 Å². The Labute approximate surface area is 185 Å². The molecule has 5 heteroatoms. The number of carbonyl (C=O) groups excluding carboxylic acids is 1. The Balaban J connectivity index is 1.69. The van der Waals surface area contributed by atoms with E-state index in [1.165, 1.54) is 6.08 Å². The molecule has 0 radical (unpaired) electrons. The molecule has 3 aromatic carbocycles. The molecule has 0 aliphatic heterocycles. The lowest BCUT2D eigenvalue weighted by Crippen LogP contribution is -2.16. The third-order valence-corrected chi connectivity index (χ3v) is 5.35. The van der Waals surface area contributed by atoms with Gasteiger partial charge in [0.1, 0.15) is 17.1 Å². The van der Waals surface area contributed by atoms with Gasteiger partial charge in [-0.25, -0.2) is 4.79 Å². The van der Waals surface area contributed by atoms with Gasteiger partial charge in [-0.3, -0.25) is 4.79 Å². The molecule has 4 rings (SSSR count). The summed E-state index contributed by atoms with van der Waals surface area (Å²) in [6.45, 7) is 0. The molecule has 0 spiro atoms. The van der Waals surface area contributed by atoms with Crippen molar-refractivity contribution >= 4 is 22.8 Å². The van der Waals surface area contributed by atoms with Gasteiger partial charge in [0.05, 0.1) is 18.1 Å². The maximum Gasteiger partial charge on any atom is 0.343 e. The number of hydrogen-bond acceptors (Lipinski definition) is 5. The fourth-order valence-electron chi connectivity index (χ4n) is 3.70. The van der Waals surface area contributed by atoms with E-state index in [9.17, 15) is 14.7 Å². The van der Waals surface area contributed by atoms with Crippen LogP contribution in [0.3, 0.4) is 0 Å². The van der Waals surface area contributed by atoms with Crippen LogP contribution in [0.5, 0.6) is 11.5 Å². The fourth-order valence-corrected chi connectivity index (χ4v) is 3.70. The minimum absolute atomic E-state index is 0.00727. The summed E-state index contributed by atoms with van der Waals surface area (Å²) in [4.78, 5) is 25.7. The fraction of sp³-hybridized carbons (Fsp3) is 0.111. The summed E-state index contributed by atoms with van der Waals surface area (Å²) in [6.07, 6.45) is 3.21. The maximum atomic E-state index is 12.9. The van der Waals surface area contributed by atoms with Crippen molar-refractivity contribution in [2.75, 3.05) is 7.11 Å². The van der Waals surface area contributed by atoms with Crippen LogP contribution in [0.1, 0.15) is 29.0 Å². The zero-order chi connectivity index (χ0) is 22.5. The molecule has 5 nitrogen and oxygen atoms in total. The standard InChI is InChI=1S/C27H22O5/c1-31-21-15-12-18(13-16-21)11-14-20(28)17-23(19-7-3-2-4-8-19)25-26(29)22-9-5-6-10-24(22)32-27(25)30/h2-16,23,29H,17H2,1H3/b14-11+. The average molecular weight is 426 g/mol. The second-order valence-corrected chi connectivity index (χ2v) is 7.39. The number of para-hydroxylation sites is 1. The number of ether oxygens (including phenoxy) is 1. The van der Waals surface area contributed by atoms with Gasteiger partial charge in [0.25, 0.3) is 0 Å². The molecule has 1 atom stereocenters. The topological polar surface area (TPSA) is 76.7 Å². The van der Waals surface area contributed by atoms with Crippen molar-refractivity contribution in [1.82, 2.24) is 0 Å². The van der Waals surface area contributed by atoms with Gasteiger partial charge in [-0.2, -0.15) is 0 Å². The smallest absolute Gasteiger partial charge is 0.343 e. The van der Waals surface area contributed by atoms with Crippen molar-refractivity contribution in [3.63, 3.8) is 0 Å². The molecule has 4 aromatic rings. The van der Waals surface area contributed by atoms with Crippen LogP contribution >= 0.6 is 0 Å². The summed E-state index contributed by atoms with van der Waals surface area (Å²) in [5.74, 6) is -0.250. The Bertz CT molecular complexity index is 1320. The SMILES string of the molecule is COc1ccc(/C=C/C(=O)CC(c2ccccc2)c2c(O)c3ccccc3oc2=O)cc1. The first-order chi connectivity index (χ1) is 15.6. The number of fused-ring (bicyclic) bond motifs is 1. The average Bonchev–Trinajstić information content (AvgIpc) is 2.83. The van der Waals surface area contributed by atoms with Crippen LogP contribution in [0.15, 0.2) is 94.2 Å². The number of carbonyl (C=O) groups is 1. The molecule has 1 N–H and O–H groups in total. The number of allylic oxidation sites excluding steroid dienone is 1. The molecule has 0 fully saturated rings. The molecule has 1 aromatic heterocycles. The van der Waals surface area contributed by atoms with Crippen LogP contribution in [0.25, 0.3) is 17.0 Å². The zero-order valence-electron chi connectivity index (χ0n) is 17.5. The summed E-state index contributed by atoms with van der Waals surface area (Å²) in [6, 6.07) is 23.3. The van der Waals surface area contributed by atoms with Crippen molar-refractivity contribution in [2.24, 2.45) is 0 Å². The predicted molar refractivity (Wildman–Crippen MR) is 124 cm³/mol. The molecule has 0 aliphatic rings. The van der Waals surface area contributed by atoms with Crippen LogP contribution in [-0.4, -0.2) is 18.0 Å². The van der Waals surface area contributed by atoms with E-state index in [1.807, 2.05) is 54.6 Å². The van der Waals surface area contributed by atoms with Gasteiger partial charge in [0.2, 0.25) is 0 Å². The second kappa shape index (κ2) is 9.35. The van der Waals surface area contributed by atoms with Crippen LogP contribution < -0.4 is 10.4 Å². The van der Waals surface area contributed by atoms with Crippen molar-refractivity contribution in [1.29, 1.82) is 0 Å². The summed E-state index contributed by atoms with van der Waals surface area (Å²) >= 11 is 0. The zero-order valence-corrected chi connectivity index (χ0v) is 17.5. The number of rotatable bonds is 7. The van der Waals surface area contributed by atoms with Crippen molar-refractivity contribution < 1.29 is 19.1 Å². The van der Waals surface area contributed by atoms with Gasteiger partial charge < -0.3 is 14.3 Å². The van der Waals surface area contributed by atoms with Crippen LogP contribution in [0.2, 0.25) is 0 Å². The van der Waals surface area contributed by atoms with Crippen LogP contribution in [0.4, 0.5) is 0 Å². The number of ketones is 1. The molecular weight excluding hydrogens is 404 g/mol. The number of methoxy groups -OCH3 is 1. The summed E-state index contributed by atoms with van der Waals surface area (Å²) in [5.41, 5.74) is 1.33. The third kappa shape index (κ3) is 4.47. The van der Waals surface area contributed by atoms with Gasteiger partial charge >= 0.3 is 5.63 Å². The van der Waals surface area contributed by atoms with Gasteiger partial charge in [0.15, 0.2) is 5.78 Å². The highest BCUT2D eigenvalue weighted by Crippen LogP contribution is 2.36. The normalized spacial score (nSPS) is 12.2. The lowest BCUT2D eigenvalue weighted by molar-refractivity contribution is -0.114. The van der Waals surface area contributed by atoms with Gasteiger partial charge in [-0.05, 0) is 41.5 Å². The van der Waals surface area contributed by atoms with Gasteiger partial charge in [-0.1, -0.05) is 60.7 Å². The summed E-state index contributed by atoms with van der Waals surface area (Å²) < 4.78 is 10.6. The van der Waals surface area contributed by atoms with Gasteiger partial charge in [0, 0.05) is 12.3 Å². The Morgan fingerprint density at radius 3 is 2.41 bits per heavy atom. The Morgan fingerprint density at radius 1 is 1.00 bits per heavy atom. The first-order valence-electron chi connectivity index (χ1n) is 10.2. The van der Waals surface area contributed by atoms with E-state index >= 15 is 0 Å². The second-order valence-electron chi connectivity index (χ2n) is 7.39. The maximum absolute atomic E-state index is 12.9. The lowest BCUT2D eigenvalue weighted by Gasteiger charge is -2.17. The van der Waals surface area contributed by atoms with E-state index in [2.05, 4.69) is 0 Å². The molecule has 0 aliphatic carbocycles. The third-order valence-electron chi connectivity index (χ3n) is 5.35. The lowest BCUT2D eigenvalue weighted by atomic mass is 9.86. The molecule has 160 valence electrons. The van der Waals surface area contributed by atoms with E-state index in [0.717, 1.165) is 16.9 Å². The minimum atomic E-state index is -0.651. The largest absolute Gasteiger partial charge is 0.507 e. The number of hydrogen-bond donors (Lipinski definition) is 1. The predicted octanol–water partition coefficient (Wildman–Crippen LogP) is 5.31. The molecule has 0 saturated heterocycles. The van der Waals surface area contributed by atoms with E-state index < -0.39 is 11.5 Å². The summed E-state index contributed by atoms with van der Waals surface area (Å²) in [7, 11) is 1.59. The Hall–Kier alpha value is -4.12. The van der Waals surface area contributed by atoms with Crippen molar-refractivity contribution in [2.45, 2.75) is 12.3 Å². The first-order valence-corrected chi connectivity index (χ1v) is 10.2. The quantitative estimate of drug-likeness (QED) is 0.320. The highest BCUT2D eigenvalue weighted by Gasteiger charge is 2.26. The Morgan fingerprint density at radius 2 is 1.69 bits per heavy atom. The molecule has 1 unspecified atom stereocenters. The van der Waals surface area contributed by atoms with E-state index in [-0.39, 0.29) is 23.5 Å². The number of aromatic hydroxyl groups is 1. The monoisotopic (exact) mass is 426 g/mol. The molecule has 32 heavy (non-hydrogen) atoms. The minimum Gasteiger partial charge on any atom is -0.507 e. The molecule has 0 amide bonds. The molecule has 1 heterocycles. The number of benzene rings is 3. The van der Waals surface area contributed by atoms with Gasteiger partial charge in [-0.15, -0.1) is 0 Å². The Kier molecular flexibility index (Phi) is 6.17. The highest BCUT2D eigenvalue weighted by molar-refractivity contribution is 5.94. The van der Waals surface area contributed by atoms with E-state index in [0.29, 0.717) is 11.0 Å². The van der Waals surface area contributed by atoms with Crippen LogP contribution in [-0.2, 0) is 4.79 Å². The molecule has 0 bridgehead atoms. The van der Waals surface area contributed by atoms with E-state index in [4.69, 9.17) is 9.15 Å². The van der Waals surface area contributed by atoms with Crippen molar-refractivity contribution in [3.8, 4) is 11.5 Å². The van der Waals surface area contributed by atoms with Crippen LogP contribution in [0, 0.1) is 0 Å². The first kappa shape index (κ1) is 21.1. The van der Waals surface area contributed by atoms with Crippen molar-refractivity contribution in [3.05, 3.63) is 112 Å². The molecular formula is C27H22O5.